The zero-order valence-electron chi connectivity index (χ0n) is 9.20. The maximum Gasteiger partial charge on any atom is 0.339 e. The molecule has 6 heteroatoms. The zero-order valence-corrected chi connectivity index (χ0v) is 9.20. The molecule has 0 bridgehead atoms. The number of aromatic carboxylic acids is 1. The van der Waals surface area contributed by atoms with E-state index < -0.39 is 16.6 Å². The predicted molar refractivity (Wildman–Crippen MR) is 63.5 cm³/mol. The SMILES string of the molecule is C#C/C=C\COc1c(C(=O)O)cccc1[N+](=O)[O-]. The monoisotopic (exact) mass is 247 g/mol. The van der Waals surface area contributed by atoms with Crippen molar-refractivity contribution in [2.24, 2.45) is 0 Å². The number of nitro groups is 1. The van der Waals surface area contributed by atoms with Gasteiger partial charge in [-0.05, 0) is 18.2 Å². The molecule has 0 unspecified atom stereocenters. The molecule has 0 atom stereocenters. The van der Waals surface area contributed by atoms with Crippen LogP contribution in [0.3, 0.4) is 0 Å². The number of nitro benzene ring substituents is 1. The Labute approximate surface area is 103 Å². The van der Waals surface area contributed by atoms with Gasteiger partial charge in [0.1, 0.15) is 12.2 Å². The van der Waals surface area contributed by atoms with Gasteiger partial charge >= 0.3 is 11.7 Å². The van der Waals surface area contributed by atoms with Crippen molar-refractivity contribution in [1.82, 2.24) is 0 Å². The van der Waals surface area contributed by atoms with Gasteiger partial charge in [0.05, 0.1) is 4.92 Å². The summed E-state index contributed by atoms with van der Waals surface area (Å²) in [5, 5.41) is 19.7. The molecule has 1 aromatic carbocycles. The van der Waals surface area contributed by atoms with Crippen molar-refractivity contribution >= 4 is 11.7 Å². The summed E-state index contributed by atoms with van der Waals surface area (Å²) < 4.78 is 5.09. The molecule has 0 aliphatic carbocycles. The second-order valence-electron chi connectivity index (χ2n) is 3.10. The molecule has 18 heavy (non-hydrogen) atoms. The molecular weight excluding hydrogens is 238 g/mol. The molecular formula is C12H9NO5. The van der Waals surface area contributed by atoms with E-state index in [-0.39, 0.29) is 17.9 Å². The Morgan fingerprint density at radius 2 is 2.33 bits per heavy atom. The number of carbonyl (C=O) groups is 1. The standard InChI is InChI=1S/C12H9NO5/c1-2-3-4-8-18-11-9(12(14)15)6-5-7-10(11)13(16)17/h1,3-7H,8H2,(H,14,15)/b4-3-. The van der Waals surface area contributed by atoms with Gasteiger partial charge in [0.15, 0.2) is 0 Å². The van der Waals surface area contributed by atoms with Crippen molar-refractivity contribution in [3.8, 4) is 18.1 Å². The van der Waals surface area contributed by atoms with Crippen LogP contribution in [-0.4, -0.2) is 22.6 Å². The highest BCUT2D eigenvalue weighted by Crippen LogP contribution is 2.30. The molecule has 1 N–H and O–H groups in total. The van der Waals surface area contributed by atoms with Crippen LogP contribution in [0.5, 0.6) is 5.75 Å². The van der Waals surface area contributed by atoms with Gasteiger partial charge < -0.3 is 9.84 Å². The Balaban J connectivity index is 3.11. The molecule has 1 rings (SSSR count). The molecule has 0 amide bonds. The van der Waals surface area contributed by atoms with E-state index in [2.05, 4.69) is 5.92 Å². The fourth-order valence-corrected chi connectivity index (χ4v) is 1.24. The minimum absolute atomic E-state index is 0.0463. The highest BCUT2D eigenvalue weighted by atomic mass is 16.6. The smallest absolute Gasteiger partial charge is 0.339 e. The molecule has 0 radical (unpaired) electrons. The summed E-state index contributed by atoms with van der Waals surface area (Å²) in [6, 6.07) is 3.69. The summed E-state index contributed by atoms with van der Waals surface area (Å²) in [6.07, 6.45) is 7.77. The lowest BCUT2D eigenvalue weighted by molar-refractivity contribution is -0.385. The van der Waals surface area contributed by atoms with E-state index in [4.69, 9.17) is 16.3 Å². The minimum Gasteiger partial charge on any atom is -0.482 e. The summed E-state index contributed by atoms with van der Waals surface area (Å²) in [7, 11) is 0. The highest BCUT2D eigenvalue weighted by Gasteiger charge is 2.22. The van der Waals surface area contributed by atoms with Crippen molar-refractivity contribution in [2.75, 3.05) is 6.61 Å². The van der Waals surface area contributed by atoms with Gasteiger partial charge in [0, 0.05) is 6.07 Å². The number of hydrogen-bond donors (Lipinski definition) is 1. The molecule has 0 saturated heterocycles. The van der Waals surface area contributed by atoms with Gasteiger partial charge in [-0.25, -0.2) is 4.79 Å². The number of nitrogens with zero attached hydrogens (tertiary/aromatic N) is 1. The van der Waals surface area contributed by atoms with Crippen molar-refractivity contribution in [3.05, 3.63) is 46.0 Å². The number of para-hydroxylation sites is 1. The Bertz CT molecular complexity index is 510. The summed E-state index contributed by atoms with van der Waals surface area (Å²) in [4.78, 5) is 21.0. The van der Waals surface area contributed by atoms with Gasteiger partial charge in [0.25, 0.3) is 0 Å². The van der Waals surface area contributed by atoms with Crippen molar-refractivity contribution in [3.63, 3.8) is 0 Å². The second-order valence-corrected chi connectivity index (χ2v) is 3.10. The summed E-state index contributed by atoms with van der Waals surface area (Å²) >= 11 is 0. The maximum atomic E-state index is 10.9. The van der Waals surface area contributed by atoms with E-state index in [1.54, 1.807) is 0 Å². The average Bonchev–Trinajstić information content (AvgIpc) is 2.34. The number of hydrogen-bond acceptors (Lipinski definition) is 4. The fourth-order valence-electron chi connectivity index (χ4n) is 1.24. The first-order valence-corrected chi connectivity index (χ1v) is 4.82. The first-order valence-electron chi connectivity index (χ1n) is 4.82. The van der Waals surface area contributed by atoms with Gasteiger partial charge in [-0.1, -0.05) is 12.0 Å². The Morgan fingerprint density at radius 1 is 1.61 bits per heavy atom. The number of rotatable bonds is 5. The van der Waals surface area contributed by atoms with Crippen LogP contribution in [0, 0.1) is 22.5 Å². The average molecular weight is 247 g/mol. The number of benzene rings is 1. The normalized spacial score (nSPS) is 9.94. The zero-order chi connectivity index (χ0) is 13.5. The number of carboxylic acids is 1. The highest BCUT2D eigenvalue weighted by molar-refractivity contribution is 5.92. The maximum absolute atomic E-state index is 10.9. The van der Waals surface area contributed by atoms with Crippen LogP contribution in [0.1, 0.15) is 10.4 Å². The first kappa shape index (κ1) is 13.3. The predicted octanol–water partition coefficient (Wildman–Crippen LogP) is 1.86. The molecule has 1 aromatic rings. The summed E-state index contributed by atoms with van der Waals surface area (Å²) in [5.41, 5.74) is -0.665. The van der Waals surface area contributed by atoms with Gasteiger partial charge in [-0.3, -0.25) is 10.1 Å². The topological polar surface area (TPSA) is 89.7 Å². The van der Waals surface area contributed by atoms with Gasteiger partial charge in [-0.15, -0.1) is 6.42 Å². The third-order valence-corrected chi connectivity index (χ3v) is 1.96. The number of carboxylic acid groups (broad SMARTS) is 1. The lowest BCUT2D eigenvalue weighted by Gasteiger charge is -2.07. The largest absolute Gasteiger partial charge is 0.482 e. The molecule has 0 aromatic heterocycles. The number of terminal acetylenes is 1. The third kappa shape index (κ3) is 3.09. The summed E-state index contributed by atoms with van der Waals surface area (Å²) in [6.45, 7) is -0.0463. The van der Waals surface area contributed by atoms with Crippen LogP contribution in [0.25, 0.3) is 0 Å². The fraction of sp³-hybridized carbons (Fsp3) is 0.0833. The molecule has 0 aliphatic heterocycles. The van der Waals surface area contributed by atoms with Crippen molar-refractivity contribution in [2.45, 2.75) is 0 Å². The number of ether oxygens (including phenoxy) is 1. The molecule has 0 aliphatic rings. The Morgan fingerprint density at radius 3 is 2.89 bits per heavy atom. The number of allylic oxidation sites excluding steroid dienone is 1. The second kappa shape index (κ2) is 6.06. The minimum atomic E-state index is -1.30. The quantitative estimate of drug-likeness (QED) is 0.487. The molecule has 6 nitrogen and oxygen atoms in total. The molecule has 0 spiro atoms. The van der Waals surface area contributed by atoms with Crippen LogP contribution >= 0.6 is 0 Å². The van der Waals surface area contributed by atoms with E-state index in [1.165, 1.54) is 30.4 Å². The van der Waals surface area contributed by atoms with Crippen molar-refractivity contribution in [1.29, 1.82) is 0 Å². The van der Waals surface area contributed by atoms with Crippen LogP contribution < -0.4 is 4.74 Å². The van der Waals surface area contributed by atoms with E-state index in [0.717, 1.165) is 0 Å². The molecule has 0 heterocycles. The summed E-state index contributed by atoms with van der Waals surface area (Å²) in [5.74, 6) is 0.640. The van der Waals surface area contributed by atoms with Crippen LogP contribution in [0.15, 0.2) is 30.4 Å². The van der Waals surface area contributed by atoms with E-state index in [1.807, 2.05) is 0 Å². The van der Waals surface area contributed by atoms with E-state index >= 15 is 0 Å². The Hall–Kier alpha value is -2.81. The molecule has 0 fully saturated rings. The molecule has 92 valence electrons. The first-order chi connectivity index (χ1) is 8.57. The molecule has 0 saturated carbocycles. The van der Waals surface area contributed by atoms with Gasteiger partial charge in [0.2, 0.25) is 5.75 Å². The van der Waals surface area contributed by atoms with Crippen molar-refractivity contribution < 1.29 is 19.6 Å². The third-order valence-electron chi connectivity index (χ3n) is 1.96. The lowest BCUT2D eigenvalue weighted by atomic mass is 10.2. The lowest BCUT2D eigenvalue weighted by Crippen LogP contribution is -2.06. The van der Waals surface area contributed by atoms with Gasteiger partial charge in [-0.2, -0.15) is 0 Å². The Kier molecular flexibility index (Phi) is 4.46. The van der Waals surface area contributed by atoms with E-state index in [0.29, 0.717) is 0 Å². The van der Waals surface area contributed by atoms with E-state index in [9.17, 15) is 14.9 Å². The van der Waals surface area contributed by atoms with Crippen LogP contribution in [-0.2, 0) is 0 Å². The van der Waals surface area contributed by atoms with Crippen LogP contribution in [0.2, 0.25) is 0 Å². The van der Waals surface area contributed by atoms with Crippen LogP contribution in [0.4, 0.5) is 5.69 Å².